The molecule has 92 valence electrons. The monoisotopic (exact) mass is 287 g/mol. The van der Waals surface area contributed by atoms with Crippen molar-refractivity contribution >= 4 is 21.8 Å². The summed E-state index contributed by atoms with van der Waals surface area (Å²) in [4.78, 5) is 14.2. The third-order valence-corrected chi connectivity index (χ3v) is 4.76. The minimum absolute atomic E-state index is 0.362. The van der Waals surface area contributed by atoms with E-state index in [0.717, 1.165) is 23.7 Å². The summed E-state index contributed by atoms with van der Waals surface area (Å²) < 4.78 is 0. The van der Waals surface area contributed by atoms with Crippen LogP contribution in [0, 0.1) is 11.8 Å². The molecule has 0 bridgehead atoms. The van der Waals surface area contributed by atoms with Crippen molar-refractivity contribution in [3.63, 3.8) is 0 Å². The van der Waals surface area contributed by atoms with E-state index in [0.29, 0.717) is 18.4 Å². The Kier molecular flexibility index (Phi) is 4.28. The minimum atomic E-state index is 0.362. The maximum atomic E-state index is 12.1. The summed E-state index contributed by atoms with van der Waals surface area (Å²) in [6, 6.07) is 0.559. The number of hydrogen-bond donors (Lipinski definition) is 0. The molecule has 1 heterocycles. The predicted molar refractivity (Wildman–Crippen MR) is 69.7 cm³/mol. The molecule has 1 aliphatic carbocycles. The Morgan fingerprint density at radius 3 is 2.81 bits per heavy atom. The Morgan fingerprint density at radius 1 is 1.31 bits per heavy atom. The second-order valence-electron chi connectivity index (χ2n) is 5.31. The highest BCUT2D eigenvalue weighted by molar-refractivity contribution is 9.09. The average molecular weight is 288 g/mol. The number of alkyl halides is 1. The minimum Gasteiger partial charge on any atom is -0.339 e. The zero-order chi connectivity index (χ0) is 11.5. The lowest BCUT2D eigenvalue weighted by atomic mass is 9.72. The lowest BCUT2D eigenvalue weighted by Crippen LogP contribution is -2.52. The van der Waals surface area contributed by atoms with Crippen LogP contribution in [0.4, 0.5) is 0 Å². The standard InChI is InChI=1S/C13H22BrNO/c1-10-7-9-15(13(16)6-8-14)12-5-3-2-4-11(10)12/h10-12H,2-9H2,1H3. The van der Waals surface area contributed by atoms with E-state index in [-0.39, 0.29) is 0 Å². The van der Waals surface area contributed by atoms with E-state index in [9.17, 15) is 4.79 Å². The number of nitrogens with zero attached hydrogens (tertiary/aromatic N) is 1. The summed E-state index contributed by atoms with van der Waals surface area (Å²) in [7, 11) is 0. The molecule has 1 amide bonds. The Hall–Kier alpha value is -0.0500. The van der Waals surface area contributed by atoms with Gasteiger partial charge in [-0.2, -0.15) is 0 Å². The summed E-state index contributed by atoms with van der Waals surface area (Å²) in [6.45, 7) is 3.36. The summed E-state index contributed by atoms with van der Waals surface area (Å²) >= 11 is 3.37. The molecular weight excluding hydrogens is 266 g/mol. The number of hydrogen-bond acceptors (Lipinski definition) is 1. The first-order valence-electron chi connectivity index (χ1n) is 6.59. The van der Waals surface area contributed by atoms with Crippen molar-refractivity contribution in [1.82, 2.24) is 4.90 Å². The van der Waals surface area contributed by atoms with Gasteiger partial charge in [0.25, 0.3) is 0 Å². The van der Waals surface area contributed by atoms with Gasteiger partial charge in [-0.15, -0.1) is 0 Å². The molecule has 2 rings (SSSR count). The molecule has 1 saturated heterocycles. The lowest BCUT2D eigenvalue weighted by Gasteiger charge is -2.47. The number of carbonyl (C=O) groups is 1. The van der Waals surface area contributed by atoms with Gasteiger partial charge in [-0.05, 0) is 31.1 Å². The number of amides is 1. The maximum Gasteiger partial charge on any atom is 0.223 e. The van der Waals surface area contributed by atoms with Crippen molar-refractivity contribution < 1.29 is 4.79 Å². The van der Waals surface area contributed by atoms with Crippen molar-refractivity contribution in [3.05, 3.63) is 0 Å². The van der Waals surface area contributed by atoms with Crippen LogP contribution in [0.3, 0.4) is 0 Å². The predicted octanol–water partition coefficient (Wildman–Crippen LogP) is 3.20. The fraction of sp³-hybridized carbons (Fsp3) is 0.923. The van der Waals surface area contributed by atoms with E-state index >= 15 is 0 Å². The molecule has 2 nitrogen and oxygen atoms in total. The number of likely N-dealkylation sites (tertiary alicyclic amines) is 1. The van der Waals surface area contributed by atoms with Gasteiger partial charge in [-0.3, -0.25) is 4.79 Å². The summed E-state index contributed by atoms with van der Waals surface area (Å²) in [5, 5.41) is 0.801. The van der Waals surface area contributed by atoms with Crippen LogP contribution in [-0.2, 0) is 4.79 Å². The van der Waals surface area contributed by atoms with Crippen LogP contribution in [0.5, 0.6) is 0 Å². The van der Waals surface area contributed by atoms with Crippen LogP contribution in [0.25, 0.3) is 0 Å². The van der Waals surface area contributed by atoms with Gasteiger partial charge in [-0.25, -0.2) is 0 Å². The molecule has 3 unspecified atom stereocenters. The van der Waals surface area contributed by atoms with Crippen molar-refractivity contribution in [3.8, 4) is 0 Å². The third-order valence-electron chi connectivity index (χ3n) is 4.37. The van der Waals surface area contributed by atoms with E-state index in [1.165, 1.54) is 32.1 Å². The van der Waals surface area contributed by atoms with Crippen molar-refractivity contribution in [2.24, 2.45) is 11.8 Å². The van der Waals surface area contributed by atoms with E-state index in [1.807, 2.05) is 0 Å². The number of fused-ring (bicyclic) bond motifs is 1. The smallest absolute Gasteiger partial charge is 0.223 e. The SMILES string of the molecule is CC1CCN(C(=O)CCBr)C2CCCCC12. The fourth-order valence-corrected chi connectivity index (χ4v) is 3.79. The van der Waals surface area contributed by atoms with Gasteiger partial charge in [0.1, 0.15) is 0 Å². The van der Waals surface area contributed by atoms with E-state index < -0.39 is 0 Å². The fourth-order valence-electron chi connectivity index (χ4n) is 3.45. The highest BCUT2D eigenvalue weighted by atomic mass is 79.9. The van der Waals surface area contributed by atoms with Gasteiger partial charge in [-0.1, -0.05) is 35.7 Å². The zero-order valence-corrected chi connectivity index (χ0v) is 11.7. The molecule has 1 saturated carbocycles. The van der Waals surface area contributed by atoms with Crippen molar-refractivity contribution in [2.75, 3.05) is 11.9 Å². The molecule has 0 radical (unpaired) electrons. The molecule has 0 aromatic carbocycles. The second kappa shape index (κ2) is 5.52. The summed E-state index contributed by atoms with van der Waals surface area (Å²) in [5.41, 5.74) is 0. The Bertz CT molecular complexity index is 256. The van der Waals surface area contributed by atoms with Gasteiger partial charge in [0.15, 0.2) is 0 Å². The first kappa shape index (κ1) is 12.4. The average Bonchev–Trinajstić information content (AvgIpc) is 2.30. The largest absolute Gasteiger partial charge is 0.339 e. The molecular formula is C13H22BrNO. The van der Waals surface area contributed by atoms with Crippen molar-refractivity contribution in [1.29, 1.82) is 0 Å². The number of halogens is 1. The van der Waals surface area contributed by atoms with Gasteiger partial charge in [0.05, 0.1) is 0 Å². The van der Waals surface area contributed by atoms with E-state index in [2.05, 4.69) is 27.8 Å². The van der Waals surface area contributed by atoms with Gasteiger partial charge in [0.2, 0.25) is 5.91 Å². The van der Waals surface area contributed by atoms with Gasteiger partial charge in [0, 0.05) is 24.3 Å². The zero-order valence-electron chi connectivity index (χ0n) is 10.1. The topological polar surface area (TPSA) is 20.3 Å². The Morgan fingerprint density at radius 2 is 2.06 bits per heavy atom. The molecule has 0 aromatic heterocycles. The van der Waals surface area contributed by atoms with Crippen LogP contribution in [-0.4, -0.2) is 28.7 Å². The molecule has 0 N–H and O–H groups in total. The molecule has 16 heavy (non-hydrogen) atoms. The van der Waals surface area contributed by atoms with Crippen LogP contribution < -0.4 is 0 Å². The lowest BCUT2D eigenvalue weighted by molar-refractivity contribution is -0.138. The van der Waals surface area contributed by atoms with Crippen molar-refractivity contribution in [2.45, 2.75) is 51.5 Å². The molecule has 3 heteroatoms. The van der Waals surface area contributed by atoms with Crippen LogP contribution in [0.2, 0.25) is 0 Å². The van der Waals surface area contributed by atoms with Gasteiger partial charge >= 0.3 is 0 Å². The highest BCUT2D eigenvalue weighted by Gasteiger charge is 2.38. The molecule has 2 fully saturated rings. The van der Waals surface area contributed by atoms with E-state index in [1.54, 1.807) is 0 Å². The number of carbonyl (C=O) groups excluding carboxylic acids is 1. The second-order valence-corrected chi connectivity index (χ2v) is 6.10. The first-order valence-corrected chi connectivity index (χ1v) is 7.71. The number of rotatable bonds is 2. The summed E-state index contributed by atoms with van der Waals surface area (Å²) in [5.74, 6) is 1.96. The third kappa shape index (κ3) is 2.44. The molecule has 0 spiro atoms. The summed E-state index contributed by atoms with van der Waals surface area (Å²) in [6.07, 6.45) is 7.12. The Labute approximate surface area is 107 Å². The van der Waals surface area contributed by atoms with Crippen LogP contribution >= 0.6 is 15.9 Å². The maximum absolute atomic E-state index is 12.1. The molecule has 0 aromatic rings. The number of piperidine rings is 1. The molecule has 2 aliphatic rings. The highest BCUT2D eigenvalue weighted by Crippen LogP contribution is 2.38. The Balaban J connectivity index is 2.05. The first-order chi connectivity index (χ1) is 7.74. The molecule has 1 aliphatic heterocycles. The quantitative estimate of drug-likeness (QED) is 0.715. The van der Waals surface area contributed by atoms with Gasteiger partial charge < -0.3 is 4.90 Å². The van der Waals surface area contributed by atoms with E-state index in [4.69, 9.17) is 0 Å². The molecule has 3 atom stereocenters. The normalized spacial score (nSPS) is 34.6. The van der Waals surface area contributed by atoms with Crippen LogP contribution in [0.1, 0.15) is 45.4 Å². The van der Waals surface area contributed by atoms with Crippen LogP contribution in [0.15, 0.2) is 0 Å².